The molecule has 4 aromatic rings. The number of nitrogens with zero attached hydrogens (tertiary/aromatic N) is 2. The van der Waals surface area contributed by atoms with E-state index < -0.39 is 23.5 Å². The van der Waals surface area contributed by atoms with Gasteiger partial charge in [0.25, 0.3) is 5.56 Å². The van der Waals surface area contributed by atoms with Crippen molar-refractivity contribution in [1.29, 1.82) is 0 Å². The average Bonchev–Trinajstić information content (AvgIpc) is 3.27. The third-order valence-electron chi connectivity index (χ3n) is 6.22. The van der Waals surface area contributed by atoms with Crippen LogP contribution in [0.15, 0.2) is 59.7 Å². The highest BCUT2D eigenvalue weighted by molar-refractivity contribution is 7.20. The molecule has 1 amide bonds. The Morgan fingerprint density at radius 3 is 2.55 bits per heavy atom. The fourth-order valence-electron chi connectivity index (χ4n) is 4.16. The van der Waals surface area contributed by atoms with Gasteiger partial charge in [0, 0.05) is 12.5 Å². The first-order valence-corrected chi connectivity index (χ1v) is 12.9. The molecular formula is C28H29N3O6S. The first kappa shape index (κ1) is 26.9. The van der Waals surface area contributed by atoms with Gasteiger partial charge in [0.1, 0.15) is 27.2 Å². The standard InChI is InChI=1S/C28H29N3O6S/c1-5-21(25(32)30-20-15-19(35-3)11-12-22(20)36-4)31-16-29-26-23(27(31)33)17(2)24(38-26)28(34)37-14-13-18-9-7-6-8-10-18/h6-12,15-16,21H,5,13-14H2,1-4H3,(H,30,32). The maximum absolute atomic E-state index is 13.5. The predicted octanol–water partition coefficient (Wildman–Crippen LogP) is 4.77. The minimum Gasteiger partial charge on any atom is -0.497 e. The number of hydrogen-bond acceptors (Lipinski definition) is 8. The molecule has 4 rings (SSSR count). The number of carbonyl (C=O) groups is 2. The van der Waals surface area contributed by atoms with Gasteiger partial charge in [-0.25, -0.2) is 9.78 Å². The van der Waals surface area contributed by atoms with Crippen LogP contribution in [0.25, 0.3) is 10.2 Å². The maximum atomic E-state index is 13.5. The third-order valence-corrected chi connectivity index (χ3v) is 7.40. The van der Waals surface area contributed by atoms with Crippen LogP contribution in [0.4, 0.5) is 5.69 Å². The highest BCUT2D eigenvalue weighted by Crippen LogP contribution is 2.31. The van der Waals surface area contributed by atoms with Crippen molar-refractivity contribution in [1.82, 2.24) is 9.55 Å². The van der Waals surface area contributed by atoms with Gasteiger partial charge in [0.2, 0.25) is 5.91 Å². The van der Waals surface area contributed by atoms with E-state index in [0.29, 0.717) is 50.7 Å². The molecule has 0 aliphatic heterocycles. The van der Waals surface area contributed by atoms with Gasteiger partial charge in [-0.05, 0) is 36.6 Å². The SMILES string of the molecule is CCC(C(=O)Nc1cc(OC)ccc1OC)n1cnc2sc(C(=O)OCCc3ccccc3)c(C)c2c1=O. The van der Waals surface area contributed by atoms with Crippen molar-refractivity contribution >= 4 is 39.1 Å². The zero-order valence-electron chi connectivity index (χ0n) is 21.6. The summed E-state index contributed by atoms with van der Waals surface area (Å²) in [5.74, 6) is 0.100. The Morgan fingerprint density at radius 1 is 1.11 bits per heavy atom. The molecule has 1 N–H and O–H groups in total. The van der Waals surface area contributed by atoms with Crippen LogP contribution in [0.3, 0.4) is 0 Å². The number of amides is 1. The van der Waals surface area contributed by atoms with Gasteiger partial charge in [-0.2, -0.15) is 0 Å². The number of thiophene rings is 1. The number of esters is 1. The zero-order chi connectivity index (χ0) is 27.2. The number of fused-ring (bicyclic) bond motifs is 1. The molecule has 0 bridgehead atoms. The minimum atomic E-state index is -0.837. The smallest absolute Gasteiger partial charge is 0.348 e. The number of rotatable bonds is 10. The van der Waals surface area contributed by atoms with E-state index in [2.05, 4.69) is 10.3 Å². The molecular weight excluding hydrogens is 506 g/mol. The molecule has 0 aliphatic rings. The molecule has 1 atom stereocenters. The molecule has 2 aromatic heterocycles. The van der Waals surface area contributed by atoms with E-state index in [0.717, 1.165) is 16.9 Å². The Hall–Kier alpha value is -4.18. The van der Waals surface area contributed by atoms with Gasteiger partial charge in [-0.3, -0.25) is 14.2 Å². The van der Waals surface area contributed by atoms with Crippen LogP contribution in [0.5, 0.6) is 11.5 Å². The lowest BCUT2D eigenvalue weighted by Crippen LogP contribution is -2.33. The summed E-state index contributed by atoms with van der Waals surface area (Å²) in [5, 5.41) is 3.14. The van der Waals surface area contributed by atoms with Crippen molar-refractivity contribution in [2.75, 3.05) is 26.1 Å². The van der Waals surface area contributed by atoms with Gasteiger partial charge in [-0.1, -0.05) is 37.3 Å². The van der Waals surface area contributed by atoms with Crippen LogP contribution in [-0.4, -0.2) is 42.3 Å². The highest BCUT2D eigenvalue weighted by Gasteiger charge is 2.25. The average molecular weight is 536 g/mol. The second kappa shape index (κ2) is 11.9. The molecule has 0 aliphatic carbocycles. The summed E-state index contributed by atoms with van der Waals surface area (Å²) in [4.78, 5) is 44.7. The molecule has 2 aromatic carbocycles. The summed E-state index contributed by atoms with van der Waals surface area (Å²) in [5.41, 5.74) is 1.58. The molecule has 0 saturated carbocycles. The van der Waals surface area contributed by atoms with E-state index in [4.69, 9.17) is 14.2 Å². The number of carbonyl (C=O) groups excluding carboxylic acids is 2. The summed E-state index contributed by atoms with van der Waals surface area (Å²) in [6.07, 6.45) is 2.28. The Balaban J connectivity index is 1.57. The van der Waals surface area contributed by atoms with Gasteiger partial charge < -0.3 is 19.5 Å². The Morgan fingerprint density at radius 2 is 1.87 bits per heavy atom. The summed E-state index contributed by atoms with van der Waals surface area (Å²) < 4.78 is 17.4. The van der Waals surface area contributed by atoms with E-state index in [1.54, 1.807) is 32.0 Å². The number of hydrogen-bond donors (Lipinski definition) is 1. The van der Waals surface area contributed by atoms with Crippen LogP contribution < -0.4 is 20.3 Å². The van der Waals surface area contributed by atoms with Gasteiger partial charge in [-0.15, -0.1) is 11.3 Å². The van der Waals surface area contributed by atoms with Crippen molar-refractivity contribution < 1.29 is 23.8 Å². The Labute approximate surface area is 224 Å². The van der Waals surface area contributed by atoms with Crippen LogP contribution in [0, 0.1) is 6.92 Å². The molecule has 0 radical (unpaired) electrons. The third kappa shape index (κ3) is 5.55. The number of ether oxygens (including phenoxy) is 3. The number of nitrogens with one attached hydrogen (secondary N) is 1. The van der Waals surface area contributed by atoms with Crippen molar-refractivity contribution in [2.45, 2.75) is 32.7 Å². The molecule has 0 fully saturated rings. The normalized spacial score (nSPS) is 11.7. The van der Waals surface area contributed by atoms with Gasteiger partial charge in [0.05, 0.1) is 38.2 Å². The summed E-state index contributed by atoms with van der Waals surface area (Å²) in [6, 6.07) is 13.9. The lowest BCUT2D eigenvalue weighted by molar-refractivity contribution is -0.119. The second-order valence-electron chi connectivity index (χ2n) is 8.54. The monoisotopic (exact) mass is 535 g/mol. The number of aromatic nitrogens is 2. The number of methoxy groups -OCH3 is 2. The van der Waals surface area contributed by atoms with Gasteiger partial charge in [0.15, 0.2) is 0 Å². The molecule has 0 saturated heterocycles. The van der Waals surface area contributed by atoms with E-state index in [1.807, 2.05) is 30.3 Å². The fraction of sp³-hybridized carbons (Fsp3) is 0.286. The highest BCUT2D eigenvalue weighted by atomic mass is 32.1. The van der Waals surface area contributed by atoms with E-state index in [9.17, 15) is 14.4 Å². The van der Waals surface area contributed by atoms with Crippen molar-refractivity contribution in [2.24, 2.45) is 0 Å². The molecule has 198 valence electrons. The molecule has 38 heavy (non-hydrogen) atoms. The van der Waals surface area contributed by atoms with Crippen LogP contribution in [-0.2, 0) is 16.0 Å². The van der Waals surface area contributed by atoms with Crippen molar-refractivity contribution in [3.63, 3.8) is 0 Å². The topological polar surface area (TPSA) is 109 Å². The molecule has 10 heteroatoms. The van der Waals surface area contributed by atoms with Crippen LogP contribution in [0.2, 0.25) is 0 Å². The first-order valence-electron chi connectivity index (χ1n) is 12.1. The maximum Gasteiger partial charge on any atom is 0.348 e. The zero-order valence-corrected chi connectivity index (χ0v) is 22.5. The van der Waals surface area contributed by atoms with Crippen LogP contribution in [0.1, 0.15) is 40.2 Å². The quantitative estimate of drug-likeness (QED) is 0.291. The minimum absolute atomic E-state index is 0.222. The fourth-order valence-corrected chi connectivity index (χ4v) is 5.19. The van der Waals surface area contributed by atoms with E-state index >= 15 is 0 Å². The van der Waals surface area contributed by atoms with E-state index in [1.165, 1.54) is 25.1 Å². The largest absolute Gasteiger partial charge is 0.497 e. The van der Waals surface area contributed by atoms with Gasteiger partial charge >= 0.3 is 5.97 Å². The van der Waals surface area contributed by atoms with Crippen molar-refractivity contribution in [3.05, 3.63) is 81.2 Å². The van der Waals surface area contributed by atoms with Crippen LogP contribution >= 0.6 is 11.3 Å². The summed E-state index contributed by atoms with van der Waals surface area (Å²) in [6.45, 7) is 3.72. The predicted molar refractivity (Wildman–Crippen MR) is 147 cm³/mol. The number of benzene rings is 2. The molecule has 9 nitrogen and oxygen atoms in total. The summed E-state index contributed by atoms with van der Waals surface area (Å²) >= 11 is 1.11. The molecule has 0 spiro atoms. The molecule has 2 heterocycles. The van der Waals surface area contributed by atoms with E-state index in [-0.39, 0.29) is 6.61 Å². The number of aryl methyl sites for hydroxylation is 1. The summed E-state index contributed by atoms with van der Waals surface area (Å²) in [7, 11) is 3.03. The lowest BCUT2D eigenvalue weighted by atomic mass is 10.1. The lowest BCUT2D eigenvalue weighted by Gasteiger charge is -2.19. The first-order chi connectivity index (χ1) is 18.4. The second-order valence-corrected chi connectivity index (χ2v) is 9.54. The van der Waals surface area contributed by atoms with Crippen molar-refractivity contribution in [3.8, 4) is 11.5 Å². The molecule has 1 unspecified atom stereocenters. The Kier molecular flexibility index (Phi) is 8.42. The number of anilines is 1. The Bertz CT molecular complexity index is 1510.